The quantitative estimate of drug-likeness (QED) is 0.445. The minimum absolute atomic E-state index is 0.229. The summed E-state index contributed by atoms with van der Waals surface area (Å²) in [5, 5.41) is 22.4. The van der Waals surface area contributed by atoms with Gasteiger partial charge in [-0.15, -0.1) is 6.58 Å². The first-order chi connectivity index (χ1) is 9.88. The zero-order valence-corrected chi connectivity index (χ0v) is 11.2. The predicted molar refractivity (Wildman–Crippen MR) is 73.4 cm³/mol. The molecular formula is C13H14N2O6. The fourth-order valence-electron chi connectivity index (χ4n) is 1.55. The third-order valence-electron chi connectivity index (χ3n) is 2.51. The van der Waals surface area contributed by atoms with E-state index in [9.17, 15) is 19.7 Å². The molecule has 1 atom stereocenters. The van der Waals surface area contributed by atoms with Gasteiger partial charge in [0.2, 0.25) is 0 Å². The number of benzene rings is 1. The van der Waals surface area contributed by atoms with E-state index in [4.69, 9.17) is 9.84 Å². The van der Waals surface area contributed by atoms with Gasteiger partial charge in [-0.05, 0) is 13.0 Å². The lowest BCUT2D eigenvalue weighted by molar-refractivity contribution is -0.385. The van der Waals surface area contributed by atoms with Gasteiger partial charge in [0, 0.05) is 12.6 Å². The molecule has 8 nitrogen and oxygen atoms in total. The summed E-state index contributed by atoms with van der Waals surface area (Å²) in [6.45, 7) is 5.07. The lowest BCUT2D eigenvalue weighted by Gasteiger charge is -2.15. The highest BCUT2D eigenvalue weighted by Crippen LogP contribution is 2.29. The number of nitro groups is 1. The monoisotopic (exact) mass is 294 g/mol. The maximum atomic E-state index is 11.6. The van der Waals surface area contributed by atoms with Gasteiger partial charge in [0.15, 0.2) is 11.7 Å². The molecule has 0 saturated heterocycles. The maximum absolute atomic E-state index is 11.6. The smallest absolute Gasteiger partial charge is 0.346 e. The summed E-state index contributed by atoms with van der Waals surface area (Å²) >= 11 is 0. The first-order valence-corrected chi connectivity index (χ1v) is 5.94. The normalized spacial score (nSPS) is 11.3. The molecule has 8 heteroatoms. The van der Waals surface area contributed by atoms with Gasteiger partial charge in [0.05, 0.1) is 4.92 Å². The van der Waals surface area contributed by atoms with Crippen LogP contribution in [0.1, 0.15) is 17.3 Å². The van der Waals surface area contributed by atoms with E-state index in [0.29, 0.717) is 0 Å². The Labute approximate surface area is 120 Å². The second-order valence-corrected chi connectivity index (χ2v) is 4.01. The molecule has 1 unspecified atom stereocenters. The number of carbonyl (C=O) groups is 2. The molecule has 1 aromatic rings. The molecule has 1 amide bonds. The highest BCUT2D eigenvalue weighted by molar-refractivity contribution is 5.95. The van der Waals surface area contributed by atoms with Gasteiger partial charge >= 0.3 is 5.97 Å². The fraction of sp³-hybridized carbons (Fsp3) is 0.231. The number of amides is 1. The van der Waals surface area contributed by atoms with Crippen molar-refractivity contribution in [2.45, 2.75) is 13.0 Å². The zero-order valence-electron chi connectivity index (χ0n) is 11.2. The average molecular weight is 294 g/mol. The number of ether oxygens (including phenoxy) is 1. The number of nitrogens with one attached hydrogen (secondary N) is 1. The fourth-order valence-corrected chi connectivity index (χ4v) is 1.55. The van der Waals surface area contributed by atoms with Crippen molar-refractivity contribution in [3.05, 3.63) is 46.5 Å². The Morgan fingerprint density at radius 1 is 1.57 bits per heavy atom. The minimum Gasteiger partial charge on any atom is -0.480 e. The summed E-state index contributed by atoms with van der Waals surface area (Å²) in [7, 11) is 0. The maximum Gasteiger partial charge on any atom is 0.346 e. The standard InChI is InChI=1S/C13H14N2O6/c1-3-7-14-12(16)8(2)21-10-6-4-5-9(15(19)20)11(10)13(17)18/h3-6,8H,1,7H2,2H3,(H,14,16)(H,17,18). The number of aromatic carboxylic acids is 1. The molecule has 0 heterocycles. The molecular weight excluding hydrogens is 280 g/mol. The molecule has 0 aliphatic heterocycles. The van der Waals surface area contributed by atoms with E-state index in [1.165, 1.54) is 25.1 Å². The van der Waals surface area contributed by atoms with Crippen molar-refractivity contribution in [3.63, 3.8) is 0 Å². The van der Waals surface area contributed by atoms with Crippen LogP contribution < -0.4 is 10.1 Å². The molecule has 0 aliphatic carbocycles. The summed E-state index contributed by atoms with van der Waals surface area (Å²) in [4.78, 5) is 32.8. The summed E-state index contributed by atoms with van der Waals surface area (Å²) in [5.74, 6) is -2.23. The number of hydrogen-bond acceptors (Lipinski definition) is 5. The number of nitro benzene ring substituents is 1. The second kappa shape index (κ2) is 7.04. The topological polar surface area (TPSA) is 119 Å². The minimum atomic E-state index is -1.50. The van der Waals surface area contributed by atoms with Crippen LogP contribution in [0.5, 0.6) is 5.75 Å². The van der Waals surface area contributed by atoms with Crippen LogP contribution >= 0.6 is 0 Å². The first-order valence-electron chi connectivity index (χ1n) is 5.94. The Balaban J connectivity index is 3.05. The molecule has 0 radical (unpaired) electrons. The molecule has 1 rings (SSSR count). The molecule has 1 aromatic carbocycles. The van der Waals surface area contributed by atoms with Crippen molar-refractivity contribution in [3.8, 4) is 5.75 Å². The van der Waals surface area contributed by atoms with E-state index in [0.717, 1.165) is 6.07 Å². The van der Waals surface area contributed by atoms with E-state index in [-0.39, 0.29) is 12.3 Å². The van der Waals surface area contributed by atoms with Crippen molar-refractivity contribution in [1.29, 1.82) is 0 Å². The molecule has 0 fully saturated rings. The van der Waals surface area contributed by atoms with Gasteiger partial charge in [-0.25, -0.2) is 4.79 Å². The van der Waals surface area contributed by atoms with Crippen LogP contribution in [0.3, 0.4) is 0 Å². The van der Waals surface area contributed by atoms with Gasteiger partial charge in [-0.1, -0.05) is 12.1 Å². The lowest BCUT2D eigenvalue weighted by Crippen LogP contribution is -2.36. The Kier molecular flexibility index (Phi) is 5.41. The SMILES string of the molecule is C=CCNC(=O)C(C)Oc1cccc([N+](=O)[O-])c1C(=O)O. The molecule has 0 bridgehead atoms. The van der Waals surface area contributed by atoms with Crippen molar-refractivity contribution in [2.75, 3.05) is 6.54 Å². The third kappa shape index (κ3) is 4.03. The van der Waals surface area contributed by atoms with Crippen LogP contribution in [0.25, 0.3) is 0 Å². The van der Waals surface area contributed by atoms with Gasteiger partial charge < -0.3 is 15.2 Å². The van der Waals surface area contributed by atoms with Gasteiger partial charge in [-0.2, -0.15) is 0 Å². The third-order valence-corrected chi connectivity index (χ3v) is 2.51. The lowest BCUT2D eigenvalue weighted by atomic mass is 10.1. The Bertz CT molecular complexity index is 584. The van der Waals surface area contributed by atoms with Crippen LogP contribution in [0.2, 0.25) is 0 Å². The molecule has 0 aliphatic rings. The summed E-state index contributed by atoms with van der Waals surface area (Å²) < 4.78 is 5.22. The van der Waals surface area contributed by atoms with Crippen LogP contribution in [-0.2, 0) is 4.79 Å². The molecule has 2 N–H and O–H groups in total. The number of carboxylic acid groups (broad SMARTS) is 1. The van der Waals surface area contributed by atoms with Crippen LogP contribution in [0.4, 0.5) is 5.69 Å². The average Bonchev–Trinajstić information content (AvgIpc) is 2.43. The van der Waals surface area contributed by atoms with E-state index in [1.807, 2.05) is 0 Å². The number of carbonyl (C=O) groups excluding carboxylic acids is 1. The van der Waals surface area contributed by atoms with Crippen LogP contribution in [0, 0.1) is 10.1 Å². The largest absolute Gasteiger partial charge is 0.480 e. The van der Waals surface area contributed by atoms with Gasteiger partial charge in [0.25, 0.3) is 11.6 Å². The molecule has 0 spiro atoms. The highest BCUT2D eigenvalue weighted by Gasteiger charge is 2.26. The summed E-state index contributed by atoms with van der Waals surface area (Å²) in [6, 6.07) is 3.60. The second-order valence-electron chi connectivity index (χ2n) is 4.01. The van der Waals surface area contributed by atoms with E-state index < -0.39 is 34.2 Å². The van der Waals surface area contributed by atoms with E-state index in [1.54, 1.807) is 0 Å². The zero-order chi connectivity index (χ0) is 16.0. The number of nitrogens with zero attached hydrogens (tertiary/aromatic N) is 1. The van der Waals surface area contributed by atoms with E-state index >= 15 is 0 Å². The molecule has 0 saturated carbocycles. The number of rotatable bonds is 7. The van der Waals surface area contributed by atoms with Gasteiger partial charge in [0.1, 0.15) is 5.75 Å². The summed E-state index contributed by atoms with van der Waals surface area (Å²) in [6.07, 6.45) is 0.464. The van der Waals surface area contributed by atoms with Crippen molar-refractivity contribution in [1.82, 2.24) is 5.32 Å². The van der Waals surface area contributed by atoms with Crippen LogP contribution in [0.15, 0.2) is 30.9 Å². The van der Waals surface area contributed by atoms with Crippen molar-refractivity contribution >= 4 is 17.6 Å². The molecule has 0 aromatic heterocycles. The Hall–Kier alpha value is -2.90. The number of carboxylic acids is 1. The first kappa shape index (κ1) is 16.2. The number of hydrogen-bond donors (Lipinski definition) is 2. The summed E-state index contributed by atoms with van der Waals surface area (Å²) in [5.41, 5.74) is -1.19. The van der Waals surface area contributed by atoms with Crippen LogP contribution in [-0.4, -0.2) is 34.6 Å². The highest BCUT2D eigenvalue weighted by atomic mass is 16.6. The van der Waals surface area contributed by atoms with E-state index in [2.05, 4.69) is 11.9 Å². The van der Waals surface area contributed by atoms with Crippen molar-refractivity contribution < 1.29 is 24.4 Å². The molecule has 112 valence electrons. The van der Waals surface area contributed by atoms with Gasteiger partial charge in [-0.3, -0.25) is 14.9 Å². The predicted octanol–water partition coefficient (Wildman–Crippen LogP) is 1.36. The Morgan fingerprint density at radius 3 is 2.76 bits per heavy atom. The Morgan fingerprint density at radius 2 is 2.24 bits per heavy atom. The molecule has 21 heavy (non-hydrogen) atoms. The van der Waals surface area contributed by atoms with Crippen molar-refractivity contribution in [2.24, 2.45) is 0 Å².